The van der Waals surface area contributed by atoms with Crippen LogP contribution in [0.2, 0.25) is 0 Å². The van der Waals surface area contributed by atoms with Crippen LogP contribution in [-0.4, -0.2) is 28.5 Å². The van der Waals surface area contributed by atoms with Crippen LogP contribution in [0.15, 0.2) is 6.07 Å². The van der Waals surface area contributed by atoms with E-state index in [1.807, 2.05) is 33.8 Å². The highest BCUT2D eigenvalue weighted by Crippen LogP contribution is 2.36. The van der Waals surface area contributed by atoms with Gasteiger partial charge in [0.25, 0.3) is 0 Å². The first kappa shape index (κ1) is 11.7. The molecule has 2 heterocycles. The molecule has 1 saturated heterocycles. The van der Waals surface area contributed by atoms with E-state index in [-0.39, 0.29) is 18.3 Å². The first-order chi connectivity index (χ1) is 7.36. The third-order valence-electron chi connectivity index (χ3n) is 3.52. The van der Waals surface area contributed by atoms with Crippen LogP contribution >= 0.6 is 0 Å². The predicted octanol–water partition coefficient (Wildman–Crippen LogP) is 1.27. The Morgan fingerprint density at radius 1 is 1.25 bits per heavy atom. The lowest BCUT2D eigenvalue weighted by molar-refractivity contribution is 0.00578. The summed E-state index contributed by atoms with van der Waals surface area (Å²) in [7, 11) is -0.335. The number of aromatic amines is 1. The lowest BCUT2D eigenvalue weighted by Gasteiger charge is -2.32. The van der Waals surface area contributed by atoms with Gasteiger partial charge in [0.2, 0.25) is 0 Å². The molecule has 2 rings (SSSR count). The lowest BCUT2D eigenvalue weighted by Crippen LogP contribution is -2.41. The van der Waals surface area contributed by atoms with Gasteiger partial charge in [-0.2, -0.15) is 5.10 Å². The molecule has 1 aliphatic rings. The van der Waals surface area contributed by atoms with E-state index in [4.69, 9.17) is 9.31 Å². The molecule has 0 unspecified atom stereocenters. The number of rotatable bonds is 2. The van der Waals surface area contributed by atoms with Crippen molar-refractivity contribution in [1.29, 1.82) is 0 Å². The maximum atomic E-state index is 5.91. The van der Waals surface area contributed by atoms with E-state index < -0.39 is 0 Å². The minimum atomic E-state index is -0.335. The van der Waals surface area contributed by atoms with Crippen molar-refractivity contribution in [2.24, 2.45) is 0 Å². The topological polar surface area (TPSA) is 47.1 Å². The molecular formula is C11H19BN2O2. The van der Waals surface area contributed by atoms with Gasteiger partial charge in [-0.25, -0.2) is 0 Å². The normalized spacial score (nSPS) is 22.7. The van der Waals surface area contributed by atoms with E-state index >= 15 is 0 Å². The molecule has 4 nitrogen and oxygen atoms in total. The van der Waals surface area contributed by atoms with Crippen molar-refractivity contribution in [1.82, 2.24) is 10.2 Å². The molecule has 0 amide bonds. The molecule has 0 atom stereocenters. The fourth-order valence-electron chi connectivity index (χ4n) is 1.65. The third-order valence-corrected chi connectivity index (χ3v) is 3.52. The van der Waals surface area contributed by atoms with Crippen molar-refractivity contribution in [3.8, 4) is 0 Å². The maximum Gasteiger partial charge on any atom is 0.513 e. The zero-order chi connectivity index (χ0) is 12.0. The first-order valence-corrected chi connectivity index (χ1v) is 5.75. The van der Waals surface area contributed by atoms with Gasteiger partial charge in [0, 0.05) is 0 Å². The predicted molar refractivity (Wildman–Crippen MR) is 63.7 cm³/mol. The van der Waals surface area contributed by atoms with Crippen molar-refractivity contribution < 1.29 is 9.31 Å². The zero-order valence-corrected chi connectivity index (χ0v) is 10.6. The number of H-pyrrole nitrogens is 1. The summed E-state index contributed by atoms with van der Waals surface area (Å²) in [4.78, 5) is 0. The molecule has 0 spiro atoms. The number of aromatic nitrogens is 2. The summed E-state index contributed by atoms with van der Waals surface area (Å²) < 4.78 is 11.8. The maximum absolute atomic E-state index is 5.91. The average molecular weight is 222 g/mol. The second-order valence-corrected chi connectivity index (χ2v) is 5.26. The summed E-state index contributed by atoms with van der Waals surface area (Å²) in [6.07, 6.45) is 0.913. The van der Waals surface area contributed by atoms with Crippen molar-refractivity contribution >= 4 is 12.7 Å². The molecular weight excluding hydrogens is 203 g/mol. The summed E-state index contributed by atoms with van der Waals surface area (Å²) >= 11 is 0. The van der Waals surface area contributed by atoms with Gasteiger partial charge in [-0.05, 0) is 40.2 Å². The molecule has 0 saturated carbocycles. The molecule has 1 N–H and O–H groups in total. The van der Waals surface area contributed by atoms with Crippen LogP contribution < -0.4 is 5.59 Å². The van der Waals surface area contributed by atoms with Crippen LogP contribution in [0.3, 0.4) is 0 Å². The van der Waals surface area contributed by atoms with Crippen LogP contribution in [0.25, 0.3) is 0 Å². The number of hydrogen-bond acceptors (Lipinski definition) is 3. The van der Waals surface area contributed by atoms with E-state index in [1.165, 1.54) is 0 Å². The van der Waals surface area contributed by atoms with Gasteiger partial charge in [0.05, 0.1) is 22.5 Å². The van der Waals surface area contributed by atoms with Crippen molar-refractivity contribution in [2.75, 3.05) is 0 Å². The van der Waals surface area contributed by atoms with Crippen molar-refractivity contribution in [3.63, 3.8) is 0 Å². The largest absolute Gasteiger partial charge is 0.513 e. The zero-order valence-electron chi connectivity index (χ0n) is 10.6. The Morgan fingerprint density at radius 3 is 2.25 bits per heavy atom. The minimum absolute atomic E-state index is 0.296. The average Bonchev–Trinajstić information content (AvgIpc) is 2.70. The van der Waals surface area contributed by atoms with E-state index in [9.17, 15) is 0 Å². The molecule has 0 radical (unpaired) electrons. The highest BCUT2D eigenvalue weighted by atomic mass is 16.7. The SMILES string of the molecule is CCc1cc(B2OC(C)(C)C(C)(C)O2)[nH]n1. The molecule has 5 heteroatoms. The minimum Gasteiger partial charge on any atom is -0.398 e. The lowest BCUT2D eigenvalue weighted by atomic mass is 9.85. The molecule has 0 aliphatic carbocycles. The summed E-state index contributed by atoms with van der Waals surface area (Å²) in [6.45, 7) is 10.3. The quantitative estimate of drug-likeness (QED) is 0.766. The second kappa shape index (κ2) is 3.60. The van der Waals surface area contributed by atoms with Gasteiger partial charge in [-0.15, -0.1) is 0 Å². The van der Waals surface area contributed by atoms with Crippen LogP contribution in [0, 0.1) is 0 Å². The molecule has 1 fully saturated rings. The van der Waals surface area contributed by atoms with Crippen molar-refractivity contribution in [3.05, 3.63) is 11.8 Å². The third kappa shape index (κ3) is 1.78. The Kier molecular flexibility index (Phi) is 2.63. The second-order valence-electron chi connectivity index (χ2n) is 5.26. The van der Waals surface area contributed by atoms with Gasteiger partial charge >= 0.3 is 7.12 Å². The van der Waals surface area contributed by atoms with Crippen molar-refractivity contribution in [2.45, 2.75) is 52.2 Å². The molecule has 0 aromatic carbocycles. The molecule has 0 bridgehead atoms. The van der Waals surface area contributed by atoms with Gasteiger partial charge in [0.1, 0.15) is 0 Å². The van der Waals surface area contributed by atoms with Crippen LogP contribution in [0.4, 0.5) is 0 Å². The number of nitrogens with one attached hydrogen (secondary N) is 1. The summed E-state index contributed by atoms with van der Waals surface area (Å²) in [5.41, 5.74) is 1.34. The van der Waals surface area contributed by atoms with E-state index in [0.717, 1.165) is 17.7 Å². The molecule has 1 aromatic rings. The molecule has 88 valence electrons. The number of nitrogens with zero attached hydrogens (tertiary/aromatic N) is 1. The van der Waals surface area contributed by atoms with E-state index in [0.29, 0.717) is 0 Å². The monoisotopic (exact) mass is 222 g/mol. The Hall–Kier alpha value is -0.805. The van der Waals surface area contributed by atoms with Gasteiger partial charge < -0.3 is 9.31 Å². The van der Waals surface area contributed by atoms with E-state index in [2.05, 4.69) is 17.1 Å². The van der Waals surface area contributed by atoms with Crippen LogP contribution in [-0.2, 0) is 15.7 Å². The standard InChI is InChI=1S/C11H19BN2O2/c1-6-8-7-9(14-13-8)12-15-10(2,3)11(4,5)16-12/h7H,6H2,1-5H3,(H,13,14). The summed E-state index contributed by atoms with van der Waals surface area (Å²) in [5.74, 6) is 0. The Morgan fingerprint density at radius 2 is 1.81 bits per heavy atom. The van der Waals surface area contributed by atoms with Gasteiger partial charge in [-0.1, -0.05) is 6.92 Å². The fourth-order valence-corrected chi connectivity index (χ4v) is 1.65. The van der Waals surface area contributed by atoms with Crippen LogP contribution in [0.1, 0.15) is 40.3 Å². The van der Waals surface area contributed by atoms with E-state index in [1.54, 1.807) is 0 Å². The van der Waals surface area contributed by atoms with Gasteiger partial charge in [-0.3, -0.25) is 5.10 Å². The summed E-state index contributed by atoms with van der Waals surface area (Å²) in [5, 5.41) is 7.16. The highest BCUT2D eigenvalue weighted by Gasteiger charge is 2.52. The molecule has 1 aromatic heterocycles. The highest BCUT2D eigenvalue weighted by molar-refractivity contribution is 6.61. The Balaban J connectivity index is 2.20. The first-order valence-electron chi connectivity index (χ1n) is 5.75. The smallest absolute Gasteiger partial charge is 0.398 e. The molecule has 1 aliphatic heterocycles. The summed E-state index contributed by atoms with van der Waals surface area (Å²) in [6, 6.07) is 2.00. The Bertz CT molecular complexity index is 371. The van der Waals surface area contributed by atoms with Crippen LogP contribution in [0.5, 0.6) is 0 Å². The Labute approximate surface area is 96.9 Å². The number of hydrogen-bond donors (Lipinski definition) is 1. The fraction of sp³-hybridized carbons (Fsp3) is 0.727. The molecule has 16 heavy (non-hydrogen) atoms. The van der Waals surface area contributed by atoms with Gasteiger partial charge in [0.15, 0.2) is 0 Å². The number of aryl methyl sites for hydroxylation is 1.